The van der Waals surface area contributed by atoms with Crippen molar-refractivity contribution < 1.29 is 4.79 Å². The van der Waals surface area contributed by atoms with Gasteiger partial charge in [-0.3, -0.25) is 4.79 Å². The Labute approximate surface area is 98.4 Å². The van der Waals surface area contributed by atoms with Gasteiger partial charge in [0.25, 0.3) is 0 Å². The summed E-state index contributed by atoms with van der Waals surface area (Å²) in [6, 6.07) is 0.497. The number of hydrogen-bond acceptors (Lipinski definition) is 2. The summed E-state index contributed by atoms with van der Waals surface area (Å²) in [5.74, 6) is 1.93. The Hall–Kier alpha value is -0.570. The molecule has 1 amide bonds. The molecule has 0 bridgehead atoms. The molecule has 0 aromatic rings. The van der Waals surface area contributed by atoms with E-state index in [2.05, 4.69) is 17.6 Å². The fourth-order valence-corrected chi connectivity index (χ4v) is 2.29. The molecule has 2 fully saturated rings. The fourth-order valence-electron chi connectivity index (χ4n) is 2.29. The summed E-state index contributed by atoms with van der Waals surface area (Å²) in [4.78, 5) is 12.0. The molecule has 0 heterocycles. The first-order chi connectivity index (χ1) is 7.72. The van der Waals surface area contributed by atoms with E-state index in [1.54, 1.807) is 0 Å². The molecule has 1 atom stereocenters. The van der Waals surface area contributed by atoms with Gasteiger partial charge in [-0.1, -0.05) is 13.8 Å². The summed E-state index contributed by atoms with van der Waals surface area (Å²) in [5, 5.41) is 6.50. The van der Waals surface area contributed by atoms with Gasteiger partial charge in [-0.25, -0.2) is 0 Å². The molecule has 2 saturated carbocycles. The third kappa shape index (κ3) is 3.21. The molecule has 3 nitrogen and oxygen atoms in total. The molecule has 2 aliphatic rings. The number of carbonyl (C=O) groups is 1. The van der Waals surface area contributed by atoms with Crippen molar-refractivity contribution in [3.63, 3.8) is 0 Å². The molecule has 0 radical (unpaired) electrons. The topological polar surface area (TPSA) is 41.1 Å². The van der Waals surface area contributed by atoms with Gasteiger partial charge in [-0.2, -0.15) is 0 Å². The van der Waals surface area contributed by atoms with Gasteiger partial charge in [0.2, 0.25) is 5.91 Å². The maximum atomic E-state index is 12.0. The zero-order valence-corrected chi connectivity index (χ0v) is 10.5. The van der Waals surface area contributed by atoms with Crippen molar-refractivity contribution in [3.8, 4) is 0 Å². The molecule has 1 unspecified atom stereocenters. The second kappa shape index (κ2) is 5.17. The summed E-state index contributed by atoms with van der Waals surface area (Å²) in [7, 11) is 0. The molecule has 0 aromatic carbocycles. The molecule has 0 spiro atoms. The van der Waals surface area contributed by atoms with Crippen LogP contribution in [0.1, 0.15) is 39.5 Å². The maximum Gasteiger partial charge on any atom is 0.224 e. The third-order valence-corrected chi connectivity index (χ3v) is 3.72. The van der Waals surface area contributed by atoms with Crippen molar-refractivity contribution in [1.29, 1.82) is 0 Å². The van der Waals surface area contributed by atoms with Crippen molar-refractivity contribution >= 4 is 5.91 Å². The minimum Gasteiger partial charge on any atom is -0.353 e. The Morgan fingerprint density at radius 3 is 2.25 bits per heavy atom. The molecule has 2 rings (SSSR count). The molecule has 16 heavy (non-hydrogen) atoms. The van der Waals surface area contributed by atoms with Crippen molar-refractivity contribution in [1.82, 2.24) is 10.6 Å². The van der Waals surface area contributed by atoms with E-state index in [9.17, 15) is 4.79 Å². The minimum atomic E-state index is 0.0972. The van der Waals surface area contributed by atoms with Crippen molar-refractivity contribution in [3.05, 3.63) is 0 Å². The molecule has 2 N–H and O–H groups in total. The first-order valence-electron chi connectivity index (χ1n) is 6.73. The number of amides is 1. The van der Waals surface area contributed by atoms with Crippen LogP contribution in [0.15, 0.2) is 0 Å². The van der Waals surface area contributed by atoms with Gasteiger partial charge >= 0.3 is 0 Å². The Balaban J connectivity index is 1.75. The Morgan fingerprint density at radius 2 is 1.81 bits per heavy atom. The molecular formula is C13H24N2O. The number of carbonyl (C=O) groups excluding carboxylic acids is 1. The molecule has 0 aliphatic heterocycles. The molecular weight excluding hydrogens is 200 g/mol. The first-order valence-corrected chi connectivity index (χ1v) is 6.73. The van der Waals surface area contributed by atoms with E-state index < -0.39 is 0 Å². The van der Waals surface area contributed by atoms with Gasteiger partial charge in [0.1, 0.15) is 0 Å². The first kappa shape index (κ1) is 11.9. The zero-order chi connectivity index (χ0) is 11.5. The molecule has 0 saturated heterocycles. The second-order valence-corrected chi connectivity index (χ2v) is 5.42. The van der Waals surface area contributed by atoms with E-state index in [-0.39, 0.29) is 11.8 Å². The van der Waals surface area contributed by atoms with Gasteiger partial charge < -0.3 is 10.6 Å². The highest BCUT2D eigenvalue weighted by Gasteiger charge is 2.42. The molecule has 3 heteroatoms. The van der Waals surface area contributed by atoms with E-state index in [0.29, 0.717) is 6.04 Å². The fraction of sp³-hybridized carbons (Fsp3) is 0.923. The van der Waals surface area contributed by atoms with Crippen LogP contribution in [0.2, 0.25) is 0 Å². The highest BCUT2D eigenvalue weighted by molar-refractivity contribution is 5.79. The van der Waals surface area contributed by atoms with Crippen molar-refractivity contribution in [2.45, 2.75) is 45.6 Å². The zero-order valence-electron chi connectivity index (χ0n) is 10.5. The quantitative estimate of drug-likeness (QED) is 0.688. The summed E-state index contributed by atoms with van der Waals surface area (Å²) >= 11 is 0. The standard InChI is InChI=1S/C13H24N2O/c1-3-14-8-9(2)13(16)15-12(10-4-5-10)11-6-7-11/h9-12,14H,3-8H2,1-2H3,(H,15,16). The highest BCUT2D eigenvalue weighted by atomic mass is 16.1. The van der Waals surface area contributed by atoms with Crippen LogP contribution in [0.3, 0.4) is 0 Å². The highest BCUT2D eigenvalue weighted by Crippen LogP contribution is 2.44. The van der Waals surface area contributed by atoms with Crippen molar-refractivity contribution in [2.75, 3.05) is 13.1 Å². The van der Waals surface area contributed by atoms with Crippen LogP contribution in [-0.2, 0) is 4.79 Å². The lowest BCUT2D eigenvalue weighted by Crippen LogP contribution is -2.43. The Bertz CT molecular complexity index is 234. The largest absolute Gasteiger partial charge is 0.353 e. The lowest BCUT2D eigenvalue weighted by molar-refractivity contribution is -0.125. The lowest BCUT2D eigenvalue weighted by Gasteiger charge is -2.20. The van der Waals surface area contributed by atoms with Gasteiger partial charge in [-0.05, 0) is 44.1 Å². The number of hydrogen-bond donors (Lipinski definition) is 2. The smallest absolute Gasteiger partial charge is 0.224 e. The SMILES string of the molecule is CCNCC(C)C(=O)NC(C1CC1)C1CC1. The van der Waals surface area contributed by atoms with Gasteiger partial charge in [0, 0.05) is 18.5 Å². The lowest BCUT2D eigenvalue weighted by atomic mass is 10.1. The summed E-state index contributed by atoms with van der Waals surface area (Å²) in [6.07, 6.45) is 5.29. The van der Waals surface area contributed by atoms with Crippen LogP contribution in [0.4, 0.5) is 0 Å². The summed E-state index contributed by atoms with van der Waals surface area (Å²) in [6.45, 7) is 5.81. The normalized spacial score (nSPS) is 22.2. The number of rotatable bonds is 7. The van der Waals surface area contributed by atoms with E-state index in [0.717, 1.165) is 24.9 Å². The second-order valence-electron chi connectivity index (χ2n) is 5.42. The minimum absolute atomic E-state index is 0.0972. The van der Waals surface area contributed by atoms with E-state index in [1.165, 1.54) is 25.7 Å². The van der Waals surface area contributed by atoms with Crippen molar-refractivity contribution in [2.24, 2.45) is 17.8 Å². The monoisotopic (exact) mass is 224 g/mol. The average Bonchev–Trinajstić information content (AvgIpc) is 3.15. The van der Waals surface area contributed by atoms with Crippen LogP contribution in [0, 0.1) is 17.8 Å². The van der Waals surface area contributed by atoms with Crippen LogP contribution in [-0.4, -0.2) is 25.0 Å². The van der Waals surface area contributed by atoms with Gasteiger partial charge in [0.05, 0.1) is 0 Å². The molecule has 0 aromatic heterocycles. The van der Waals surface area contributed by atoms with Crippen LogP contribution < -0.4 is 10.6 Å². The average molecular weight is 224 g/mol. The van der Waals surface area contributed by atoms with E-state index in [1.807, 2.05) is 6.92 Å². The molecule has 2 aliphatic carbocycles. The van der Waals surface area contributed by atoms with Gasteiger partial charge in [-0.15, -0.1) is 0 Å². The number of nitrogens with one attached hydrogen (secondary N) is 2. The van der Waals surface area contributed by atoms with Crippen LogP contribution >= 0.6 is 0 Å². The van der Waals surface area contributed by atoms with Crippen LogP contribution in [0.5, 0.6) is 0 Å². The van der Waals surface area contributed by atoms with E-state index >= 15 is 0 Å². The third-order valence-electron chi connectivity index (χ3n) is 3.72. The summed E-state index contributed by atoms with van der Waals surface area (Å²) < 4.78 is 0. The predicted octanol–water partition coefficient (Wildman–Crippen LogP) is 1.54. The molecule has 92 valence electrons. The van der Waals surface area contributed by atoms with Gasteiger partial charge in [0.15, 0.2) is 0 Å². The summed E-state index contributed by atoms with van der Waals surface area (Å²) in [5.41, 5.74) is 0. The predicted molar refractivity (Wildman–Crippen MR) is 65.1 cm³/mol. The van der Waals surface area contributed by atoms with Crippen LogP contribution in [0.25, 0.3) is 0 Å². The Morgan fingerprint density at radius 1 is 1.25 bits per heavy atom. The maximum absolute atomic E-state index is 12.0. The Kier molecular flexibility index (Phi) is 3.85. The van der Waals surface area contributed by atoms with E-state index in [4.69, 9.17) is 0 Å².